The maximum absolute atomic E-state index is 10.3. The van der Waals surface area contributed by atoms with Gasteiger partial charge in [-0.2, -0.15) is 8.42 Å². The molecule has 0 fully saturated rings. The van der Waals surface area contributed by atoms with Crippen LogP contribution >= 0.6 is 12.4 Å². The summed E-state index contributed by atoms with van der Waals surface area (Å²) < 4.78 is 22.6. The van der Waals surface area contributed by atoms with Gasteiger partial charge in [0, 0.05) is 6.54 Å². The first kappa shape index (κ1) is 11.9. The highest BCUT2D eigenvalue weighted by Crippen LogP contribution is 1.66. The molecule has 0 aliphatic carbocycles. The Balaban J connectivity index is 0. The molecule has 5 nitrogen and oxygen atoms in total. The average molecular weight is 176 g/mol. The van der Waals surface area contributed by atoms with E-state index in [4.69, 9.17) is 0 Å². The highest BCUT2D eigenvalue weighted by molar-refractivity contribution is 7.87. The lowest BCUT2D eigenvalue weighted by atomic mass is 10.8. The zero-order valence-electron chi connectivity index (χ0n) is 4.92. The molecule has 0 aromatic heterocycles. The number of hydrogen-bond acceptors (Lipinski definition) is 3. The van der Waals surface area contributed by atoms with Crippen LogP contribution in [0.2, 0.25) is 0 Å². The van der Waals surface area contributed by atoms with Crippen LogP contribution in [0.5, 0.6) is 0 Å². The second-order valence-corrected chi connectivity index (χ2v) is 2.65. The number of nitrogens with two attached hydrogens (primary N) is 1. The summed E-state index contributed by atoms with van der Waals surface area (Å²) in [5, 5.41) is 0. The Morgan fingerprint density at radius 1 is 1.56 bits per heavy atom. The fourth-order valence-electron chi connectivity index (χ4n) is 0.232. The van der Waals surface area contributed by atoms with E-state index in [1.807, 2.05) is 0 Å². The lowest BCUT2D eigenvalue weighted by molar-refractivity contribution is 0.571. The van der Waals surface area contributed by atoms with E-state index >= 15 is 0 Å². The van der Waals surface area contributed by atoms with Crippen molar-refractivity contribution in [1.82, 2.24) is 9.55 Å². The zero-order chi connectivity index (χ0) is 6.62. The van der Waals surface area contributed by atoms with Crippen LogP contribution in [0.25, 0.3) is 0 Å². The second kappa shape index (κ2) is 4.95. The third kappa shape index (κ3) is 6.00. The quantitative estimate of drug-likeness (QED) is 0.369. The highest BCUT2D eigenvalue weighted by Gasteiger charge is 2.00. The van der Waals surface area contributed by atoms with Crippen LogP contribution < -0.4 is 15.4 Å². The average Bonchev–Trinajstić information content (AvgIpc) is 1.67. The number of hydrazine groups is 1. The van der Waals surface area contributed by atoms with E-state index in [2.05, 4.69) is 10.6 Å². The first-order valence-corrected chi connectivity index (χ1v) is 3.57. The SMILES string of the molecule is CCNS(=O)(=O)NN.Cl. The fourth-order valence-corrected chi connectivity index (χ4v) is 0.695. The van der Waals surface area contributed by atoms with Crippen molar-refractivity contribution in [3.05, 3.63) is 0 Å². The van der Waals surface area contributed by atoms with E-state index in [-0.39, 0.29) is 12.4 Å². The molecule has 0 aliphatic heterocycles. The molecule has 0 bridgehead atoms. The summed E-state index contributed by atoms with van der Waals surface area (Å²) in [4.78, 5) is 1.60. The van der Waals surface area contributed by atoms with Gasteiger partial charge >= 0.3 is 0 Å². The van der Waals surface area contributed by atoms with Gasteiger partial charge in [0.1, 0.15) is 0 Å². The minimum absolute atomic E-state index is 0. The maximum atomic E-state index is 10.3. The Hall–Kier alpha value is 0.120. The second-order valence-electron chi connectivity index (χ2n) is 1.12. The van der Waals surface area contributed by atoms with Crippen LogP contribution in [0.15, 0.2) is 0 Å². The molecule has 0 saturated heterocycles. The van der Waals surface area contributed by atoms with E-state index in [1.54, 1.807) is 11.8 Å². The third-order valence-corrected chi connectivity index (χ3v) is 1.47. The normalized spacial score (nSPS) is 10.4. The summed E-state index contributed by atoms with van der Waals surface area (Å²) in [7, 11) is -3.39. The van der Waals surface area contributed by atoms with Gasteiger partial charge in [0.2, 0.25) is 0 Å². The molecular formula is C2H10ClN3O2S. The molecule has 4 N–H and O–H groups in total. The van der Waals surface area contributed by atoms with Gasteiger partial charge in [-0.15, -0.1) is 17.2 Å². The van der Waals surface area contributed by atoms with Gasteiger partial charge < -0.3 is 0 Å². The van der Waals surface area contributed by atoms with Gasteiger partial charge in [0.15, 0.2) is 0 Å². The van der Waals surface area contributed by atoms with Gasteiger partial charge in [-0.3, -0.25) is 5.84 Å². The van der Waals surface area contributed by atoms with Crippen LogP contribution in [0.1, 0.15) is 6.92 Å². The topological polar surface area (TPSA) is 84.2 Å². The molecule has 0 aromatic carbocycles. The predicted octanol–water partition coefficient (Wildman–Crippen LogP) is -1.27. The summed E-state index contributed by atoms with van der Waals surface area (Å²) in [6.45, 7) is 2.00. The molecule has 0 amide bonds. The Bertz CT molecular complexity index is 144. The van der Waals surface area contributed by atoms with Gasteiger partial charge in [-0.05, 0) is 0 Å². The maximum Gasteiger partial charge on any atom is 0.289 e. The minimum atomic E-state index is -3.39. The van der Waals surface area contributed by atoms with Gasteiger partial charge in [0.25, 0.3) is 10.2 Å². The molecular weight excluding hydrogens is 166 g/mol. The first-order chi connectivity index (χ1) is 3.62. The van der Waals surface area contributed by atoms with Gasteiger partial charge in [-0.1, -0.05) is 6.92 Å². The number of hydrogen-bond donors (Lipinski definition) is 3. The van der Waals surface area contributed by atoms with Crippen LogP contribution in [-0.4, -0.2) is 15.0 Å². The summed E-state index contributed by atoms with van der Waals surface area (Å²) in [6, 6.07) is 0. The van der Waals surface area contributed by atoms with Crippen LogP contribution in [0.4, 0.5) is 0 Å². The summed E-state index contributed by atoms with van der Waals surface area (Å²) in [6.07, 6.45) is 0. The van der Waals surface area contributed by atoms with E-state index in [0.717, 1.165) is 0 Å². The van der Waals surface area contributed by atoms with Crippen molar-refractivity contribution in [3.8, 4) is 0 Å². The summed E-state index contributed by atoms with van der Waals surface area (Å²) in [5.41, 5.74) is 0. The van der Waals surface area contributed by atoms with Crippen molar-refractivity contribution < 1.29 is 8.42 Å². The van der Waals surface area contributed by atoms with Gasteiger partial charge in [-0.25, -0.2) is 4.72 Å². The lowest BCUT2D eigenvalue weighted by Crippen LogP contribution is -2.40. The van der Waals surface area contributed by atoms with Crippen molar-refractivity contribution in [2.45, 2.75) is 6.92 Å². The molecule has 0 atom stereocenters. The van der Waals surface area contributed by atoms with Crippen LogP contribution in [0.3, 0.4) is 0 Å². The first-order valence-electron chi connectivity index (χ1n) is 2.09. The Kier molecular flexibility index (Phi) is 6.52. The Morgan fingerprint density at radius 2 is 2.00 bits per heavy atom. The van der Waals surface area contributed by atoms with E-state index in [0.29, 0.717) is 6.54 Å². The van der Waals surface area contributed by atoms with Crippen LogP contribution in [-0.2, 0) is 10.2 Å². The highest BCUT2D eigenvalue weighted by atomic mass is 35.5. The van der Waals surface area contributed by atoms with Crippen molar-refractivity contribution in [2.75, 3.05) is 6.54 Å². The molecule has 0 radical (unpaired) electrons. The summed E-state index contributed by atoms with van der Waals surface area (Å²) >= 11 is 0. The van der Waals surface area contributed by atoms with Crippen molar-refractivity contribution in [1.29, 1.82) is 0 Å². The smallest absolute Gasteiger partial charge is 0.257 e. The molecule has 0 unspecified atom stereocenters. The monoisotopic (exact) mass is 175 g/mol. The van der Waals surface area contributed by atoms with Crippen molar-refractivity contribution >= 4 is 22.6 Å². The number of nitrogens with one attached hydrogen (secondary N) is 2. The van der Waals surface area contributed by atoms with Crippen molar-refractivity contribution in [3.63, 3.8) is 0 Å². The molecule has 7 heteroatoms. The van der Waals surface area contributed by atoms with Crippen molar-refractivity contribution in [2.24, 2.45) is 5.84 Å². The van der Waals surface area contributed by atoms with E-state index in [9.17, 15) is 8.42 Å². The van der Waals surface area contributed by atoms with Crippen LogP contribution in [0, 0.1) is 0 Å². The Labute approximate surface area is 60.6 Å². The molecule has 0 aliphatic rings. The number of halogens is 1. The minimum Gasteiger partial charge on any atom is -0.257 e. The molecule has 0 saturated carbocycles. The lowest BCUT2D eigenvalue weighted by Gasteiger charge is -1.98. The Morgan fingerprint density at radius 3 is 2.11 bits per heavy atom. The van der Waals surface area contributed by atoms with Gasteiger partial charge in [0.05, 0.1) is 0 Å². The molecule has 58 valence electrons. The molecule has 0 aromatic rings. The fraction of sp³-hybridized carbons (Fsp3) is 1.00. The van der Waals surface area contributed by atoms with E-state index in [1.165, 1.54) is 0 Å². The molecule has 0 heterocycles. The molecule has 9 heavy (non-hydrogen) atoms. The zero-order valence-corrected chi connectivity index (χ0v) is 6.55. The van der Waals surface area contributed by atoms with E-state index < -0.39 is 10.2 Å². The molecule has 0 rings (SSSR count). The number of rotatable bonds is 3. The summed E-state index contributed by atoms with van der Waals surface area (Å²) in [5.74, 6) is 4.59. The predicted molar refractivity (Wildman–Crippen MR) is 37.2 cm³/mol. The largest absolute Gasteiger partial charge is 0.289 e. The third-order valence-electron chi connectivity index (χ3n) is 0.490. The molecule has 0 spiro atoms. The standard InChI is InChI=1S/C2H9N3O2S.ClH/c1-2-4-8(6,7)5-3;/h4-5H,2-3H2,1H3;1H.